The van der Waals surface area contributed by atoms with Crippen molar-refractivity contribution in [2.75, 3.05) is 13.1 Å². The van der Waals surface area contributed by atoms with Crippen LogP contribution >= 0.6 is 22.6 Å². The highest BCUT2D eigenvalue weighted by Crippen LogP contribution is 2.18. The first-order valence-electron chi connectivity index (χ1n) is 6.22. The molecule has 0 unspecified atom stereocenters. The number of ether oxygens (including phenoxy) is 1. The molecular weight excluding hydrogens is 402 g/mol. The Balaban J connectivity index is 0.000000270. The normalized spacial score (nSPS) is 15.8. The van der Waals surface area contributed by atoms with E-state index in [0.29, 0.717) is 6.10 Å². The molecule has 1 heterocycles. The predicted molar refractivity (Wildman–Crippen MR) is 79.4 cm³/mol. The van der Waals surface area contributed by atoms with E-state index in [4.69, 9.17) is 14.6 Å². The van der Waals surface area contributed by atoms with Gasteiger partial charge in [-0.3, -0.25) is 0 Å². The van der Waals surface area contributed by atoms with Gasteiger partial charge in [-0.2, -0.15) is 13.2 Å². The van der Waals surface area contributed by atoms with Gasteiger partial charge < -0.3 is 15.2 Å². The van der Waals surface area contributed by atoms with Gasteiger partial charge in [0, 0.05) is 3.57 Å². The number of carboxylic acids is 1. The Kier molecular flexibility index (Phi) is 7.23. The molecule has 1 aliphatic heterocycles. The molecule has 21 heavy (non-hydrogen) atoms. The summed E-state index contributed by atoms with van der Waals surface area (Å²) in [6.45, 7) is 2.16. The minimum absolute atomic E-state index is 0.399. The Morgan fingerprint density at radius 1 is 1.24 bits per heavy atom. The van der Waals surface area contributed by atoms with Gasteiger partial charge in [0.2, 0.25) is 0 Å². The van der Waals surface area contributed by atoms with Crippen molar-refractivity contribution in [3.8, 4) is 5.75 Å². The zero-order chi connectivity index (χ0) is 15.9. The van der Waals surface area contributed by atoms with E-state index in [2.05, 4.69) is 40.0 Å². The third-order valence-electron chi connectivity index (χ3n) is 2.65. The van der Waals surface area contributed by atoms with E-state index >= 15 is 0 Å². The second-order valence-corrected chi connectivity index (χ2v) is 5.57. The molecule has 1 saturated heterocycles. The minimum atomic E-state index is -5.08. The fraction of sp³-hybridized carbons (Fsp3) is 0.462. The van der Waals surface area contributed by atoms with E-state index in [1.54, 1.807) is 0 Å². The van der Waals surface area contributed by atoms with Gasteiger partial charge in [-0.15, -0.1) is 0 Å². The summed E-state index contributed by atoms with van der Waals surface area (Å²) in [5.41, 5.74) is 0. The third kappa shape index (κ3) is 7.51. The molecule has 0 amide bonds. The number of piperidine rings is 1. The molecule has 4 nitrogen and oxygen atoms in total. The fourth-order valence-corrected chi connectivity index (χ4v) is 1.98. The fourth-order valence-electron chi connectivity index (χ4n) is 1.62. The standard InChI is InChI=1S/C11H14INO.C2HF3O2/c12-9-1-3-10(4-2-9)14-11-5-7-13-8-6-11;3-2(4,5)1(6)7/h1-4,11,13H,5-8H2;(H,6,7). The number of nitrogens with one attached hydrogen (secondary N) is 1. The van der Waals surface area contributed by atoms with E-state index < -0.39 is 12.1 Å². The molecule has 0 saturated carbocycles. The van der Waals surface area contributed by atoms with Crippen LogP contribution in [-0.4, -0.2) is 36.4 Å². The van der Waals surface area contributed by atoms with Crippen molar-refractivity contribution in [1.82, 2.24) is 5.32 Å². The van der Waals surface area contributed by atoms with Gasteiger partial charge in [0.15, 0.2) is 0 Å². The number of benzene rings is 1. The molecule has 1 aromatic carbocycles. The van der Waals surface area contributed by atoms with Crippen LogP contribution in [0.4, 0.5) is 13.2 Å². The lowest BCUT2D eigenvalue weighted by Gasteiger charge is -2.23. The Morgan fingerprint density at radius 3 is 2.14 bits per heavy atom. The summed E-state index contributed by atoms with van der Waals surface area (Å²) in [4.78, 5) is 8.90. The van der Waals surface area contributed by atoms with E-state index in [1.807, 2.05) is 12.1 Å². The molecule has 1 aromatic rings. The summed E-state index contributed by atoms with van der Waals surface area (Å²) < 4.78 is 38.9. The largest absolute Gasteiger partial charge is 0.490 e. The summed E-state index contributed by atoms with van der Waals surface area (Å²) in [5, 5.41) is 10.5. The number of aliphatic carboxylic acids is 1. The molecular formula is C13H15F3INO3. The van der Waals surface area contributed by atoms with Crippen LogP contribution in [0.2, 0.25) is 0 Å². The lowest BCUT2D eigenvalue weighted by molar-refractivity contribution is -0.192. The first-order chi connectivity index (χ1) is 9.79. The van der Waals surface area contributed by atoms with Gasteiger partial charge in [0.05, 0.1) is 0 Å². The van der Waals surface area contributed by atoms with Gasteiger partial charge in [0.25, 0.3) is 0 Å². The number of hydrogen-bond donors (Lipinski definition) is 2. The summed E-state index contributed by atoms with van der Waals surface area (Å²) >= 11 is 2.30. The van der Waals surface area contributed by atoms with Crippen LogP contribution in [-0.2, 0) is 4.79 Å². The van der Waals surface area contributed by atoms with Gasteiger partial charge >= 0.3 is 12.1 Å². The zero-order valence-corrected chi connectivity index (χ0v) is 13.1. The number of carboxylic acid groups (broad SMARTS) is 1. The maximum atomic E-state index is 10.6. The van der Waals surface area contributed by atoms with Crippen LogP contribution in [0.1, 0.15) is 12.8 Å². The maximum Gasteiger partial charge on any atom is 0.490 e. The number of rotatable bonds is 2. The molecule has 0 aliphatic carbocycles. The number of halogens is 4. The highest BCUT2D eigenvalue weighted by molar-refractivity contribution is 14.1. The Bertz CT molecular complexity index is 445. The Morgan fingerprint density at radius 2 is 1.71 bits per heavy atom. The van der Waals surface area contributed by atoms with Crippen LogP contribution in [0.25, 0.3) is 0 Å². The van der Waals surface area contributed by atoms with Crippen molar-refractivity contribution in [2.45, 2.75) is 25.1 Å². The smallest absolute Gasteiger partial charge is 0.490 e. The van der Waals surface area contributed by atoms with Gasteiger partial charge in [-0.05, 0) is 72.8 Å². The van der Waals surface area contributed by atoms with E-state index in [1.165, 1.54) is 3.57 Å². The summed E-state index contributed by atoms with van der Waals surface area (Å²) in [6.07, 6.45) is -2.45. The minimum Gasteiger partial charge on any atom is -0.490 e. The molecule has 2 rings (SSSR count). The molecule has 0 aromatic heterocycles. The van der Waals surface area contributed by atoms with Crippen LogP contribution in [0.15, 0.2) is 24.3 Å². The SMILES string of the molecule is Ic1ccc(OC2CCNCC2)cc1.O=C(O)C(F)(F)F. The van der Waals surface area contributed by atoms with Gasteiger partial charge in [-0.25, -0.2) is 4.79 Å². The van der Waals surface area contributed by atoms with Crippen molar-refractivity contribution in [2.24, 2.45) is 0 Å². The number of carbonyl (C=O) groups is 1. The topological polar surface area (TPSA) is 58.6 Å². The molecule has 2 N–H and O–H groups in total. The highest BCUT2D eigenvalue weighted by atomic mass is 127. The van der Waals surface area contributed by atoms with E-state index in [0.717, 1.165) is 31.7 Å². The molecule has 1 fully saturated rings. The van der Waals surface area contributed by atoms with Crippen molar-refractivity contribution >= 4 is 28.6 Å². The van der Waals surface area contributed by atoms with Crippen molar-refractivity contribution < 1.29 is 27.8 Å². The van der Waals surface area contributed by atoms with Crippen LogP contribution in [0, 0.1) is 3.57 Å². The second-order valence-electron chi connectivity index (χ2n) is 4.32. The van der Waals surface area contributed by atoms with Crippen molar-refractivity contribution in [1.29, 1.82) is 0 Å². The molecule has 0 atom stereocenters. The molecule has 8 heteroatoms. The second kappa shape index (κ2) is 8.42. The van der Waals surface area contributed by atoms with E-state index in [-0.39, 0.29) is 0 Å². The van der Waals surface area contributed by atoms with Crippen LogP contribution in [0.5, 0.6) is 5.75 Å². The summed E-state index contributed by atoms with van der Waals surface area (Å²) in [7, 11) is 0. The maximum absolute atomic E-state index is 10.6. The first kappa shape index (κ1) is 18.0. The lowest BCUT2D eigenvalue weighted by atomic mass is 10.1. The predicted octanol–water partition coefficient (Wildman–Crippen LogP) is 3.06. The Hall–Kier alpha value is -1.03. The molecule has 0 spiro atoms. The zero-order valence-electron chi connectivity index (χ0n) is 11.0. The summed E-state index contributed by atoms with van der Waals surface area (Å²) in [6, 6.07) is 8.25. The molecule has 1 aliphatic rings. The third-order valence-corrected chi connectivity index (χ3v) is 3.36. The van der Waals surface area contributed by atoms with Gasteiger partial charge in [-0.1, -0.05) is 0 Å². The average molecular weight is 417 g/mol. The number of alkyl halides is 3. The lowest BCUT2D eigenvalue weighted by Crippen LogP contribution is -2.34. The average Bonchev–Trinajstić information content (AvgIpc) is 2.42. The van der Waals surface area contributed by atoms with Gasteiger partial charge in [0.1, 0.15) is 11.9 Å². The first-order valence-corrected chi connectivity index (χ1v) is 7.30. The molecule has 118 valence electrons. The van der Waals surface area contributed by atoms with Crippen molar-refractivity contribution in [3.63, 3.8) is 0 Å². The Labute approximate surface area is 133 Å². The van der Waals surface area contributed by atoms with Crippen molar-refractivity contribution in [3.05, 3.63) is 27.8 Å². The molecule has 0 radical (unpaired) electrons. The monoisotopic (exact) mass is 417 g/mol. The number of hydrogen-bond acceptors (Lipinski definition) is 3. The summed E-state index contributed by atoms with van der Waals surface area (Å²) in [5.74, 6) is -1.76. The molecule has 0 bridgehead atoms. The van der Waals surface area contributed by atoms with E-state index in [9.17, 15) is 13.2 Å². The highest BCUT2D eigenvalue weighted by Gasteiger charge is 2.38. The van der Waals surface area contributed by atoms with Crippen LogP contribution < -0.4 is 10.1 Å². The van der Waals surface area contributed by atoms with Crippen LogP contribution in [0.3, 0.4) is 0 Å². The quantitative estimate of drug-likeness (QED) is 0.727.